The molecule has 1 heterocycles. The molecule has 0 bridgehead atoms. The topological polar surface area (TPSA) is 102 Å². The van der Waals surface area contributed by atoms with Gasteiger partial charge in [0.2, 0.25) is 10.0 Å². The van der Waals surface area contributed by atoms with E-state index in [4.69, 9.17) is 21.1 Å². The van der Waals surface area contributed by atoms with E-state index in [-0.39, 0.29) is 21.9 Å². The average molecular weight is 453 g/mol. The molecule has 1 N–H and O–H groups in total. The van der Waals surface area contributed by atoms with Gasteiger partial charge in [-0.25, -0.2) is 13.2 Å². The number of rotatable bonds is 7. The minimum absolute atomic E-state index is 0.0940. The Bertz CT molecular complexity index is 1050. The standard InChI is InChI=1S/C20H21ClN2O6S/c1-28-18-8-7-14(21)11-17(18)20(25)29-13-19(24)22-15-5-4-6-16(12-15)30(26,27)23-9-2-3-10-23/h4-8,11-12H,2-3,9-10,13H2,1H3,(H,22,24). The first-order chi connectivity index (χ1) is 14.3. The van der Waals surface area contributed by atoms with Crippen LogP contribution in [0.3, 0.4) is 0 Å². The van der Waals surface area contributed by atoms with Crippen molar-refractivity contribution in [3.8, 4) is 5.75 Å². The van der Waals surface area contributed by atoms with Gasteiger partial charge in [0.05, 0.1) is 12.0 Å². The molecule has 0 radical (unpaired) electrons. The van der Waals surface area contributed by atoms with Crippen molar-refractivity contribution in [3.05, 3.63) is 53.1 Å². The lowest BCUT2D eigenvalue weighted by atomic mass is 10.2. The van der Waals surface area contributed by atoms with E-state index in [1.54, 1.807) is 18.2 Å². The molecular weight excluding hydrogens is 432 g/mol. The van der Waals surface area contributed by atoms with Gasteiger partial charge in [0.15, 0.2) is 6.61 Å². The molecule has 8 nitrogen and oxygen atoms in total. The van der Waals surface area contributed by atoms with E-state index in [9.17, 15) is 18.0 Å². The number of nitrogens with zero attached hydrogens (tertiary/aromatic N) is 1. The van der Waals surface area contributed by atoms with Crippen molar-refractivity contribution in [2.45, 2.75) is 17.7 Å². The van der Waals surface area contributed by atoms with Crippen LogP contribution in [0, 0.1) is 0 Å². The van der Waals surface area contributed by atoms with E-state index in [0.29, 0.717) is 18.1 Å². The lowest BCUT2D eigenvalue weighted by molar-refractivity contribution is -0.119. The molecule has 0 atom stereocenters. The second kappa shape index (κ2) is 9.46. The molecule has 0 unspecified atom stereocenters. The van der Waals surface area contributed by atoms with E-state index in [1.165, 1.54) is 35.7 Å². The Morgan fingerprint density at radius 2 is 1.87 bits per heavy atom. The zero-order chi connectivity index (χ0) is 21.7. The van der Waals surface area contributed by atoms with E-state index < -0.39 is 28.5 Å². The zero-order valence-corrected chi connectivity index (χ0v) is 17.8. The number of benzene rings is 2. The number of carbonyl (C=O) groups excluding carboxylic acids is 2. The van der Waals surface area contributed by atoms with Gasteiger partial charge in [0.1, 0.15) is 11.3 Å². The van der Waals surface area contributed by atoms with Crippen molar-refractivity contribution in [2.24, 2.45) is 0 Å². The Morgan fingerprint density at radius 1 is 1.13 bits per heavy atom. The lowest BCUT2D eigenvalue weighted by Crippen LogP contribution is -2.28. The molecule has 30 heavy (non-hydrogen) atoms. The molecule has 160 valence electrons. The molecule has 2 aromatic rings. The van der Waals surface area contributed by atoms with E-state index in [0.717, 1.165) is 12.8 Å². The summed E-state index contributed by atoms with van der Waals surface area (Å²) in [6, 6.07) is 10.4. The third kappa shape index (κ3) is 5.10. The number of hydrogen-bond acceptors (Lipinski definition) is 6. The van der Waals surface area contributed by atoms with E-state index in [2.05, 4.69) is 5.32 Å². The third-order valence-electron chi connectivity index (χ3n) is 4.54. The summed E-state index contributed by atoms with van der Waals surface area (Å²) in [6.45, 7) is 0.418. The number of amides is 1. The number of halogens is 1. The Labute approximate surface area is 179 Å². The monoisotopic (exact) mass is 452 g/mol. The minimum atomic E-state index is -3.60. The Balaban J connectivity index is 1.63. The van der Waals surface area contributed by atoms with Crippen molar-refractivity contribution in [1.82, 2.24) is 4.31 Å². The molecule has 0 aromatic heterocycles. The average Bonchev–Trinajstić information content (AvgIpc) is 3.28. The van der Waals surface area contributed by atoms with Gasteiger partial charge in [-0.15, -0.1) is 0 Å². The quantitative estimate of drug-likeness (QED) is 0.648. The minimum Gasteiger partial charge on any atom is -0.496 e. The summed E-state index contributed by atoms with van der Waals surface area (Å²) in [5, 5.41) is 2.86. The van der Waals surface area contributed by atoms with Crippen LogP contribution in [0.4, 0.5) is 5.69 Å². The molecule has 1 amide bonds. The van der Waals surface area contributed by atoms with Crippen LogP contribution in [0.2, 0.25) is 5.02 Å². The van der Waals surface area contributed by atoms with Gasteiger partial charge in [-0.1, -0.05) is 17.7 Å². The fourth-order valence-electron chi connectivity index (χ4n) is 3.06. The maximum absolute atomic E-state index is 12.7. The van der Waals surface area contributed by atoms with Crippen LogP contribution >= 0.6 is 11.6 Å². The number of hydrogen-bond donors (Lipinski definition) is 1. The second-order valence-electron chi connectivity index (χ2n) is 6.61. The number of nitrogens with one attached hydrogen (secondary N) is 1. The highest BCUT2D eigenvalue weighted by Crippen LogP contribution is 2.24. The number of sulfonamides is 1. The van der Waals surface area contributed by atoms with Crippen LogP contribution in [0.15, 0.2) is 47.4 Å². The second-order valence-corrected chi connectivity index (χ2v) is 8.98. The summed E-state index contributed by atoms with van der Waals surface area (Å²) in [5.41, 5.74) is 0.383. The van der Waals surface area contributed by atoms with Crippen LogP contribution in [-0.2, 0) is 19.6 Å². The Morgan fingerprint density at radius 3 is 2.57 bits per heavy atom. The molecule has 1 aliphatic rings. The van der Waals surface area contributed by atoms with Gasteiger partial charge in [-0.3, -0.25) is 4.79 Å². The molecule has 0 spiro atoms. The Hall–Kier alpha value is -2.62. The number of anilines is 1. The molecule has 0 aliphatic carbocycles. The van der Waals surface area contributed by atoms with Gasteiger partial charge in [-0.05, 0) is 49.2 Å². The van der Waals surface area contributed by atoms with Gasteiger partial charge < -0.3 is 14.8 Å². The van der Waals surface area contributed by atoms with Crippen molar-refractivity contribution in [1.29, 1.82) is 0 Å². The fourth-order valence-corrected chi connectivity index (χ4v) is 4.79. The van der Waals surface area contributed by atoms with Crippen molar-refractivity contribution in [3.63, 3.8) is 0 Å². The molecule has 1 aliphatic heterocycles. The van der Waals surface area contributed by atoms with Crippen LogP contribution in [0.25, 0.3) is 0 Å². The molecule has 0 saturated carbocycles. The highest BCUT2D eigenvalue weighted by Gasteiger charge is 2.27. The number of esters is 1. The SMILES string of the molecule is COc1ccc(Cl)cc1C(=O)OCC(=O)Nc1cccc(S(=O)(=O)N2CCCC2)c1. The predicted molar refractivity (Wildman–Crippen MR) is 111 cm³/mol. The normalized spacial score (nSPS) is 14.3. The smallest absolute Gasteiger partial charge is 0.342 e. The third-order valence-corrected chi connectivity index (χ3v) is 6.67. The van der Waals surface area contributed by atoms with Gasteiger partial charge >= 0.3 is 5.97 Å². The van der Waals surface area contributed by atoms with Crippen LogP contribution in [-0.4, -0.2) is 51.4 Å². The molecule has 2 aromatic carbocycles. The highest BCUT2D eigenvalue weighted by molar-refractivity contribution is 7.89. The van der Waals surface area contributed by atoms with Crippen LogP contribution < -0.4 is 10.1 Å². The Kier molecular flexibility index (Phi) is 6.96. The van der Waals surface area contributed by atoms with Crippen LogP contribution in [0.1, 0.15) is 23.2 Å². The zero-order valence-electron chi connectivity index (χ0n) is 16.3. The number of ether oxygens (including phenoxy) is 2. The van der Waals surface area contributed by atoms with Gasteiger partial charge in [-0.2, -0.15) is 4.31 Å². The summed E-state index contributed by atoms with van der Waals surface area (Å²) < 4.78 is 36.8. The van der Waals surface area contributed by atoms with Crippen molar-refractivity contribution < 1.29 is 27.5 Å². The first-order valence-corrected chi connectivity index (χ1v) is 11.0. The molecule has 1 fully saturated rings. The molecular formula is C20H21ClN2O6S. The first kappa shape index (κ1) is 22.1. The van der Waals surface area contributed by atoms with Crippen LogP contribution in [0.5, 0.6) is 5.75 Å². The summed E-state index contributed by atoms with van der Waals surface area (Å²) in [7, 11) is -2.20. The number of carbonyl (C=O) groups is 2. The lowest BCUT2D eigenvalue weighted by Gasteiger charge is -2.16. The summed E-state index contributed by atoms with van der Waals surface area (Å²) in [6.07, 6.45) is 1.66. The van der Waals surface area contributed by atoms with E-state index in [1.807, 2.05) is 0 Å². The molecule has 3 rings (SSSR count). The summed E-state index contributed by atoms with van der Waals surface area (Å²) in [5.74, 6) is -1.11. The molecule has 10 heteroatoms. The maximum atomic E-state index is 12.7. The summed E-state index contributed by atoms with van der Waals surface area (Å²) >= 11 is 5.89. The van der Waals surface area contributed by atoms with Gasteiger partial charge in [0, 0.05) is 23.8 Å². The highest BCUT2D eigenvalue weighted by atomic mass is 35.5. The largest absolute Gasteiger partial charge is 0.496 e. The maximum Gasteiger partial charge on any atom is 0.342 e. The first-order valence-electron chi connectivity index (χ1n) is 9.22. The molecule has 1 saturated heterocycles. The fraction of sp³-hybridized carbons (Fsp3) is 0.300. The predicted octanol–water partition coefficient (Wildman–Crippen LogP) is 2.93. The summed E-state index contributed by atoms with van der Waals surface area (Å²) in [4.78, 5) is 24.5. The van der Waals surface area contributed by atoms with Crippen molar-refractivity contribution >= 4 is 39.2 Å². The van der Waals surface area contributed by atoms with E-state index >= 15 is 0 Å². The number of methoxy groups -OCH3 is 1. The van der Waals surface area contributed by atoms with Crippen molar-refractivity contribution in [2.75, 3.05) is 32.1 Å². The van der Waals surface area contributed by atoms with Gasteiger partial charge in [0.25, 0.3) is 5.91 Å².